The van der Waals surface area contributed by atoms with E-state index in [0.717, 1.165) is 12.0 Å². The van der Waals surface area contributed by atoms with Crippen molar-refractivity contribution in [3.63, 3.8) is 0 Å². The molecule has 0 aliphatic heterocycles. The molecule has 2 N–H and O–H groups in total. The largest absolute Gasteiger partial charge is 0.337 e. The summed E-state index contributed by atoms with van der Waals surface area (Å²) in [6.07, 6.45) is 0.787. The standard InChI is InChI=1S/C12H15N3O/c1-3-10(13)12-14-11(15-16-12)9-6-4-8(2)5-7-9/h4-7,10H,3,13H2,1-2H3. The summed E-state index contributed by atoms with van der Waals surface area (Å²) in [5, 5.41) is 3.92. The maximum atomic E-state index is 5.81. The van der Waals surface area contributed by atoms with E-state index in [2.05, 4.69) is 10.1 Å². The van der Waals surface area contributed by atoms with Crippen molar-refractivity contribution < 1.29 is 4.52 Å². The number of nitrogens with two attached hydrogens (primary N) is 1. The molecule has 84 valence electrons. The Morgan fingerprint density at radius 2 is 2.00 bits per heavy atom. The Balaban J connectivity index is 2.28. The van der Waals surface area contributed by atoms with E-state index in [9.17, 15) is 0 Å². The lowest BCUT2D eigenvalue weighted by atomic mass is 10.1. The number of rotatable bonds is 3. The zero-order chi connectivity index (χ0) is 11.5. The lowest BCUT2D eigenvalue weighted by Crippen LogP contribution is -2.08. The van der Waals surface area contributed by atoms with Crippen LogP contribution in [0.4, 0.5) is 0 Å². The van der Waals surface area contributed by atoms with Gasteiger partial charge in [-0.1, -0.05) is 41.9 Å². The molecule has 0 spiro atoms. The van der Waals surface area contributed by atoms with Gasteiger partial charge < -0.3 is 10.3 Å². The number of aromatic nitrogens is 2. The fourth-order valence-electron chi connectivity index (χ4n) is 1.38. The summed E-state index contributed by atoms with van der Waals surface area (Å²) in [5.41, 5.74) is 7.97. The Hall–Kier alpha value is -1.68. The van der Waals surface area contributed by atoms with Crippen LogP contribution in [0.5, 0.6) is 0 Å². The number of hydrogen-bond acceptors (Lipinski definition) is 4. The number of hydrogen-bond donors (Lipinski definition) is 1. The minimum Gasteiger partial charge on any atom is -0.337 e. The molecule has 1 atom stereocenters. The molecule has 0 bridgehead atoms. The quantitative estimate of drug-likeness (QED) is 0.857. The summed E-state index contributed by atoms with van der Waals surface area (Å²) in [4.78, 5) is 4.28. The van der Waals surface area contributed by atoms with Crippen LogP contribution in [0.25, 0.3) is 11.4 Å². The first-order valence-electron chi connectivity index (χ1n) is 5.37. The zero-order valence-corrected chi connectivity index (χ0v) is 9.47. The third kappa shape index (κ3) is 2.12. The molecule has 0 radical (unpaired) electrons. The van der Waals surface area contributed by atoms with Crippen LogP contribution in [0.15, 0.2) is 28.8 Å². The molecule has 1 aromatic heterocycles. The molecule has 0 aliphatic rings. The lowest BCUT2D eigenvalue weighted by Gasteiger charge is -1.99. The first-order valence-corrected chi connectivity index (χ1v) is 5.37. The normalized spacial score (nSPS) is 12.7. The van der Waals surface area contributed by atoms with Crippen LogP contribution in [0.1, 0.15) is 30.8 Å². The van der Waals surface area contributed by atoms with Crippen LogP contribution < -0.4 is 5.73 Å². The first-order chi connectivity index (χ1) is 7.70. The lowest BCUT2D eigenvalue weighted by molar-refractivity contribution is 0.352. The van der Waals surface area contributed by atoms with Gasteiger partial charge in [-0.25, -0.2) is 0 Å². The highest BCUT2D eigenvalue weighted by Crippen LogP contribution is 2.19. The summed E-state index contributed by atoms with van der Waals surface area (Å²) in [7, 11) is 0. The predicted octanol–water partition coefficient (Wildman–Crippen LogP) is 2.45. The molecule has 0 amide bonds. The van der Waals surface area contributed by atoms with Crippen molar-refractivity contribution in [1.82, 2.24) is 10.1 Å². The highest BCUT2D eigenvalue weighted by Gasteiger charge is 2.13. The molecule has 1 heterocycles. The number of aryl methyl sites for hydroxylation is 1. The van der Waals surface area contributed by atoms with Gasteiger partial charge in [0.2, 0.25) is 11.7 Å². The van der Waals surface area contributed by atoms with Crippen LogP contribution in [0, 0.1) is 6.92 Å². The maximum Gasteiger partial charge on any atom is 0.243 e. The van der Waals surface area contributed by atoms with Gasteiger partial charge in [0.05, 0.1) is 6.04 Å². The molecule has 1 aromatic carbocycles. The van der Waals surface area contributed by atoms with Crippen molar-refractivity contribution in [1.29, 1.82) is 0 Å². The van der Waals surface area contributed by atoms with Gasteiger partial charge in [-0.3, -0.25) is 0 Å². The van der Waals surface area contributed by atoms with E-state index in [4.69, 9.17) is 10.3 Å². The van der Waals surface area contributed by atoms with E-state index in [0.29, 0.717) is 11.7 Å². The van der Waals surface area contributed by atoms with Gasteiger partial charge >= 0.3 is 0 Å². The second-order valence-corrected chi connectivity index (χ2v) is 3.84. The van der Waals surface area contributed by atoms with Crippen molar-refractivity contribution in [2.75, 3.05) is 0 Å². The Bertz CT molecular complexity index is 461. The molecule has 2 rings (SSSR count). The van der Waals surface area contributed by atoms with Gasteiger partial charge in [-0.2, -0.15) is 4.98 Å². The van der Waals surface area contributed by atoms with Gasteiger partial charge in [0.1, 0.15) is 0 Å². The Morgan fingerprint density at radius 3 is 2.62 bits per heavy atom. The fraction of sp³-hybridized carbons (Fsp3) is 0.333. The minimum atomic E-state index is -0.174. The summed E-state index contributed by atoms with van der Waals surface area (Å²) in [5.74, 6) is 1.09. The van der Waals surface area contributed by atoms with E-state index in [1.165, 1.54) is 5.56 Å². The predicted molar refractivity (Wildman–Crippen MR) is 61.7 cm³/mol. The van der Waals surface area contributed by atoms with E-state index in [1.54, 1.807) is 0 Å². The molecule has 0 aliphatic carbocycles. The fourth-order valence-corrected chi connectivity index (χ4v) is 1.38. The van der Waals surface area contributed by atoms with Gasteiger partial charge in [0.15, 0.2) is 0 Å². The second kappa shape index (κ2) is 4.45. The smallest absolute Gasteiger partial charge is 0.243 e. The molecule has 16 heavy (non-hydrogen) atoms. The van der Waals surface area contributed by atoms with Crippen molar-refractivity contribution in [3.8, 4) is 11.4 Å². The van der Waals surface area contributed by atoms with Gasteiger partial charge in [0, 0.05) is 5.56 Å². The summed E-state index contributed by atoms with van der Waals surface area (Å²) < 4.78 is 5.12. The van der Waals surface area contributed by atoms with Crippen LogP contribution in [0.2, 0.25) is 0 Å². The Morgan fingerprint density at radius 1 is 1.31 bits per heavy atom. The molecule has 1 unspecified atom stereocenters. The molecule has 0 saturated heterocycles. The van der Waals surface area contributed by atoms with Gasteiger partial charge in [0.25, 0.3) is 0 Å². The topological polar surface area (TPSA) is 64.9 Å². The average molecular weight is 217 g/mol. The van der Waals surface area contributed by atoms with Crippen LogP contribution in [0.3, 0.4) is 0 Å². The van der Waals surface area contributed by atoms with E-state index < -0.39 is 0 Å². The average Bonchev–Trinajstić information content (AvgIpc) is 2.78. The minimum absolute atomic E-state index is 0.174. The van der Waals surface area contributed by atoms with Crippen LogP contribution >= 0.6 is 0 Å². The first kappa shape index (κ1) is 10.8. The summed E-state index contributed by atoms with van der Waals surface area (Å²) in [6.45, 7) is 4.03. The van der Waals surface area contributed by atoms with Gasteiger partial charge in [-0.05, 0) is 13.3 Å². The summed E-state index contributed by atoms with van der Waals surface area (Å²) in [6, 6.07) is 7.81. The summed E-state index contributed by atoms with van der Waals surface area (Å²) >= 11 is 0. The monoisotopic (exact) mass is 217 g/mol. The van der Waals surface area contributed by atoms with E-state index in [-0.39, 0.29) is 6.04 Å². The third-order valence-corrected chi connectivity index (χ3v) is 2.51. The van der Waals surface area contributed by atoms with Gasteiger partial charge in [-0.15, -0.1) is 0 Å². The molecule has 2 aromatic rings. The maximum absolute atomic E-state index is 5.81. The van der Waals surface area contributed by atoms with Crippen molar-refractivity contribution in [3.05, 3.63) is 35.7 Å². The molecule has 4 nitrogen and oxygen atoms in total. The van der Waals surface area contributed by atoms with Crippen molar-refractivity contribution in [2.45, 2.75) is 26.3 Å². The van der Waals surface area contributed by atoms with Crippen LogP contribution in [-0.2, 0) is 0 Å². The van der Waals surface area contributed by atoms with E-state index >= 15 is 0 Å². The zero-order valence-electron chi connectivity index (χ0n) is 9.47. The SMILES string of the molecule is CCC(N)c1nc(-c2ccc(C)cc2)no1. The van der Waals surface area contributed by atoms with Crippen molar-refractivity contribution >= 4 is 0 Å². The highest BCUT2D eigenvalue weighted by atomic mass is 16.5. The third-order valence-electron chi connectivity index (χ3n) is 2.51. The highest BCUT2D eigenvalue weighted by molar-refractivity contribution is 5.54. The molecular weight excluding hydrogens is 202 g/mol. The second-order valence-electron chi connectivity index (χ2n) is 3.84. The van der Waals surface area contributed by atoms with E-state index in [1.807, 2.05) is 38.1 Å². The molecule has 4 heteroatoms. The van der Waals surface area contributed by atoms with Crippen LogP contribution in [-0.4, -0.2) is 10.1 Å². The molecular formula is C12H15N3O. The Kier molecular flexibility index (Phi) is 3.01. The van der Waals surface area contributed by atoms with Crippen molar-refractivity contribution in [2.24, 2.45) is 5.73 Å². The number of nitrogens with zero attached hydrogens (tertiary/aromatic N) is 2. The number of benzene rings is 1. The molecule has 0 saturated carbocycles. The molecule has 0 fully saturated rings. The Labute approximate surface area is 94.5 Å².